The Morgan fingerprint density at radius 2 is 2.40 bits per heavy atom. The van der Waals surface area contributed by atoms with Crippen molar-refractivity contribution in [2.24, 2.45) is 5.73 Å². The Bertz CT molecular complexity index is 343. The molecule has 0 aliphatic heterocycles. The maximum atomic E-state index is 12.7. The average Bonchev–Trinajstić information content (AvgIpc) is 2.25. The van der Waals surface area contributed by atoms with Gasteiger partial charge < -0.3 is 11.1 Å². The number of amides is 1. The molecule has 1 aromatic heterocycles. The molecule has 82 valence electrons. The van der Waals surface area contributed by atoms with Crippen LogP contribution in [0.25, 0.3) is 0 Å². The summed E-state index contributed by atoms with van der Waals surface area (Å²) in [6.07, 6.45) is 3.14. The van der Waals surface area contributed by atoms with E-state index in [1.807, 2.05) is 6.92 Å². The van der Waals surface area contributed by atoms with Crippen LogP contribution in [0.1, 0.15) is 23.7 Å². The lowest BCUT2D eigenvalue weighted by atomic mass is 10.2. The summed E-state index contributed by atoms with van der Waals surface area (Å²) in [5.74, 6) is -0.881. The molecule has 3 N–H and O–H groups in total. The number of pyridine rings is 1. The Morgan fingerprint density at radius 1 is 1.67 bits per heavy atom. The van der Waals surface area contributed by atoms with E-state index < -0.39 is 5.82 Å². The first-order chi connectivity index (χ1) is 7.13. The molecule has 0 aliphatic rings. The van der Waals surface area contributed by atoms with Crippen LogP contribution < -0.4 is 11.1 Å². The molecule has 1 heterocycles. The highest BCUT2D eigenvalue weighted by atomic mass is 19.1. The number of nitrogens with one attached hydrogen (secondary N) is 1. The Kier molecular flexibility index (Phi) is 4.17. The molecular weight excluding hydrogens is 197 g/mol. The van der Waals surface area contributed by atoms with Crippen molar-refractivity contribution in [3.63, 3.8) is 0 Å². The Hall–Kier alpha value is -1.49. The van der Waals surface area contributed by atoms with E-state index >= 15 is 0 Å². The molecule has 0 aliphatic carbocycles. The highest BCUT2D eigenvalue weighted by Crippen LogP contribution is 2.00. The molecule has 1 atom stereocenters. The second kappa shape index (κ2) is 5.41. The minimum Gasteiger partial charge on any atom is -0.350 e. The van der Waals surface area contributed by atoms with Crippen LogP contribution in [0.5, 0.6) is 0 Å². The molecule has 0 aromatic carbocycles. The van der Waals surface area contributed by atoms with Gasteiger partial charge in [0.15, 0.2) is 0 Å². The minimum absolute atomic E-state index is 0.0736. The fraction of sp³-hybridized carbons (Fsp3) is 0.400. The Morgan fingerprint density at radius 3 is 3.00 bits per heavy atom. The molecule has 4 nitrogen and oxygen atoms in total. The van der Waals surface area contributed by atoms with Gasteiger partial charge in [0.2, 0.25) is 0 Å². The normalized spacial score (nSPS) is 12.2. The monoisotopic (exact) mass is 211 g/mol. The number of nitrogens with two attached hydrogens (primary N) is 1. The van der Waals surface area contributed by atoms with Crippen LogP contribution >= 0.6 is 0 Å². The molecule has 5 heteroatoms. The fourth-order valence-electron chi connectivity index (χ4n) is 1.01. The Balaban J connectivity index is 2.54. The molecule has 1 amide bonds. The van der Waals surface area contributed by atoms with Crippen molar-refractivity contribution in [2.45, 2.75) is 19.4 Å². The predicted molar refractivity (Wildman–Crippen MR) is 54.8 cm³/mol. The van der Waals surface area contributed by atoms with Crippen molar-refractivity contribution in [1.29, 1.82) is 0 Å². The molecule has 1 aromatic rings. The van der Waals surface area contributed by atoms with Crippen LogP contribution in [0.2, 0.25) is 0 Å². The lowest BCUT2D eigenvalue weighted by Crippen LogP contribution is -2.36. The number of rotatable bonds is 4. The van der Waals surface area contributed by atoms with Gasteiger partial charge in [0.05, 0.1) is 11.8 Å². The number of halogens is 1. The number of carbonyl (C=O) groups excluding carboxylic acids is 1. The van der Waals surface area contributed by atoms with Crippen LogP contribution in [-0.2, 0) is 0 Å². The second-order valence-electron chi connectivity index (χ2n) is 3.27. The van der Waals surface area contributed by atoms with Gasteiger partial charge in [-0.05, 0) is 12.5 Å². The van der Waals surface area contributed by atoms with Gasteiger partial charge >= 0.3 is 0 Å². The molecule has 0 spiro atoms. The number of hydrogen-bond acceptors (Lipinski definition) is 3. The standard InChI is InChI=1S/C10H14FN3O/c1-2-9(12)6-14-10(15)7-3-8(11)5-13-4-7/h3-5,9H,2,6,12H2,1H3,(H,14,15). The van der Waals surface area contributed by atoms with Gasteiger partial charge in [-0.15, -0.1) is 0 Å². The van der Waals surface area contributed by atoms with Gasteiger partial charge in [-0.2, -0.15) is 0 Å². The first-order valence-electron chi connectivity index (χ1n) is 4.77. The van der Waals surface area contributed by atoms with Crippen molar-refractivity contribution in [2.75, 3.05) is 6.54 Å². The number of aromatic nitrogens is 1. The van der Waals surface area contributed by atoms with E-state index in [-0.39, 0.29) is 17.5 Å². The third-order valence-corrected chi connectivity index (χ3v) is 2.02. The third-order valence-electron chi connectivity index (χ3n) is 2.02. The zero-order chi connectivity index (χ0) is 11.3. The maximum Gasteiger partial charge on any atom is 0.253 e. The van der Waals surface area contributed by atoms with Crippen molar-refractivity contribution in [1.82, 2.24) is 10.3 Å². The highest BCUT2D eigenvalue weighted by Gasteiger charge is 2.07. The number of hydrogen-bond donors (Lipinski definition) is 2. The van der Waals surface area contributed by atoms with E-state index in [0.29, 0.717) is 6.54 Å². The molecule has 1 unspecified atom stereocenters. The van der Waals surface area contributed by atoms with E-state index in [2.05, 4.69) is 10.3 Å². The summed E-state index contributed by atoms with van der Waals surface area (Å²) in [6.45, 7) is 2.31. The first kappa shape index (κ1) is 11.6. The third kappa shape index (κ3) is 3.63. The summed E-state index contributed by atoms with van der Waals surface area (Å²) in [6, 6.07) is 1.07. The first-order valence-corrected chi connectivity index (χ1v) is 4.77. The van der Waals surface area contributed by atoms with Gasteiger partial charge in [0, 0.05) is 18.8 Å². The summed E-state index contributed by atoms with van der Waals surface area (Å²) >= 11 is 0. The van der Waals surface area contributed by atoms with Crippen LogP contribution in [0.3, 0.4) is 0 Å². The summed E-state index contributed by atoms with van der Waals surface area (Å²) in [5, 5.41) is 2.61. The Labute approximate surface area is 87.7 Å². The smallest absolute Gasteiger partial charge is 0.253 e. The lowest BCUT2D eigenvalue weighted by molar-refractivity contribution is 0.0950. The zero-order valence-corrected chi connectivity index (χ0v) is 8.53. The molecular formula is C10H14FN3O. The van der Waals surface area contributed by atoms with Crippen LogP contribution in [-0.4, -0.2) is 23.5 Å². The van der Waals surface area contributed by atoms with E-state index in [4.69, 9.17) is 5.73 Å². The minimum atomic E-state index is -0.526. The zero-order valence-electron chi connectivity index (χ0n) is 8.53. The summed E-state index contributed by atoms with van der Waals surface area (Å²) in [7, 11) is 0. The van der Waals surface area contributed by atoms with Gasteiger partial charge in [0.1, 0.15) is 5.82 Å². The van der Waals surface area contributed by atoms with E-state index in [9.17, 15) is 9.18 Å². The quantitative estimate of drug-likeness (QED) is 0.769. The van der Waals surface area contributed by atoms with Crippen molar-refractivity contribution in [3.05, 3.63) is 29.8 Å². The molecule has 15 heavy (non-hydrogen) atoms. The number of carbonyl (C=O) groups is 1. The summed E-state index contributed by atoms with van der Waals surface area (Å²) < 4.78 is 12.7. The van der Waals surface area contributed by atoms with Gasteiger partial charge in [-0.25, -0.2) is 4.39 Å². The highest BCUT2D eigenvalue weighted by molar-refractivity contribution is 5.93. The second-order valence-corrected chi connectivity index (χ2v) is 3.27. The maximum absolute atomic E-state index is 12.7. The van der Waals surface area contributed by atoms with Gasteiger partial charge in [0.25, 0.3) is 5.91 Å². The number of nitrogens with zero attached hydrogens (tertiary/aromatic N) is 1. The van der Waals surface area contributed by atoms with Crippen molar-refractivity contribution < 1.29 is 9.18 Å². The molecule has 0 fully saturated rings. The summed E-state index contributed by atoms with van der Waals surface area (Å²) in [5.41, 5.74) is 5.83. The topological polar surface area (TPSA) is 68.0 Å². The fourth-order valence-corrected chi connectivity index (χ4v) is 1.01. The SMILES string of the molecule is CCC(N)CNC(=O)c1cncc(F)c1. The molecule has 0 bridgehead atoms. The van der Waals surface area contributed by atoms with Crippen LogP contribution in [0, 0.1) is 5.82 Å². The lowest BCUT2D eigenvalue weighted by Gasteiger charge is -2.09. The van der Waals surface area contributed by atoms with Crippen LogP contribution in [0.4, 0.5) is 4.39 Å². The van der Waals surface area contributed by atoms with Crippen molar-refractivity contribution in [3.8, 4) is 0 Å². The molecule has 0 saturated heterocycles. The summed E-state index contributed by atoms with van der Waals surface area (Å²) in [4.78, 5) is 15.0. The average molecular weight is 211 g/mol. The van der Waals surface area contributed by atoms with Crippen molar-refractivity contribution >= 4 is 5.91 Å². The van der Waals surface area contributed by atoms with Crippen LogP contribution in [0.15, 0.2) is 18.5 Å². The van der Waals surface area contributed by atoms with E-state index in [1.54, 1.807) is 0 Å². The van der Waals surface area contributed by atoms with E-state index in [1.165, 1.54) is 6.20 Å². The van der Waals surface area contributed by atoms with Gasteiger partial charge in [-0.1, -0.05) is 6.92 Å². The molecule has 1 rings (SSSR count). The van der Waals surface area contributed by atoms with Gasteiger partial charge in [-0.3, -0.25) is 9.78 Å². The van der Waals surface area contributed by atoms with E-state index in [0.717, 1.165) is 18.7 Å². The molecule has 0 saturated carbocycles. The molecule has 0 radical (unpaired) electrons. The largest absolute Gasteiger partial charge is 0.350 e. The predicted octanol–water partition coefficient (Wildman–Crippen LogP) is 0.688.